The van der Waals surface area contributed by atoms with Gasteiger partial charge in [-0.15, -0.1) is 0 Å². The molecule has 2 N–H and O–H groups in total. The lowest BCUT2D eigenvalue weighted by molar-refractivity contribution is -0.121. The normalized spacial score (nSPS) is 19.1. The molecule has 2 aromatic rings. The summed E-state index contributed by atoms with van der Waals surface area (Å²) >= 11 is 0. The van der Waals surface area contributed by atoms with Gasteiger partial charge in [-0.2, -0.15) is 0 Å². The first-order valence-electron chi connectivity index (χ1n) is 7.79. The molecule has 1 heterocycles. The summed E-state index contributed by atoms with van der Waals surface area (Å²) in [7, 11) is 0. The molecular formula is C18H22N2O. The molecule has 0 bridgehead atoms. The first kappa shape index (κ1) is 14.1. The van der Waals surface area contributed by atoms with Crippen LogP contribution in [0.2, 0.25) is 0 Å². The number of nitrogens with one attached hydrogen (secondary N) is 2. The van der Waals surface area contributed by atoms with Gasteiger partial charge in [0.15, 0.2) is 0 Å². The minimum Gasteiger partial charge on any atom is -0.353 e. The van der Waals surface area contributed by atoms with Gasteiger partial charge in [0.25, 0.3) is 0 Å². The standard InChI is InChI=1S/C18H22N2O/c21-18(20-17-6-3-10-19-11-9-17)13-14-7-8-15-4-1-2-5-16(15)12-14/h1-2,4-5,7-8,12,17,19H,3,6,9-11,13H2,(H,20,21). The SMILES string of the molecule is O=C(Cc1ccc2ccccc2c1)NC1CCCNCC1. The lowest BCUT2D eigenvalue weighted by Gasteiger charge is -2.16. The summed E-state index contributed by atoms with van der Waals surface area (Å²) in [6.45, 7) is 2.07. The zero-order chi connectivity index (χ0) is 14.5. The van der Waals surface area contributed by atoms with Crippen LogP contribution >= 0.6 is 0 Å². The van der Waals surface area contributed by atoms with Gasteiger partial charge >= 0.3 is 0 Å². The Balaban J connectivity index is 1.62. The van der Waals surface area contributed by atoms with Gasteiger partial charge in [-0.05, 0) is 48.7 Å². The maximum atomic E-state index is 12.2. The van der Waals surface area contributed by atoms with Gasteiger partial charge in [-0.1, -0.05) is 42.5 Å². The molecule has 1 amide bonds. The van der Waals surface area contributed by atoms with E-state index in [1.807, 2.05) is 12.1 Å². The topological polar surface area (TPSA) is 41.1 Å². The van der Waals surface area contributed by atoms with Crippen molar-refractivity contribution in [1.29, 1.82) is 0 Å². The van der Waals surface area contributed by atoms with Crippen molar-refractivity contribution in [2.75, 3.05) is 13.1 Å². The van der Waals surface area contributed by atoms with Crippen LogP contribution in [0.3, 0.4) is 0 Å². The molecule has 1 aliphatic rings. The highest BCUT2D eigenvalue weighted by molar-refractivity contribution is 5.85. The molecule has 110 valence electrons. The highest BCUT2D eigenvalue weighted by Crippen LogP contribution is 2.16. The van der Waals surface area contributed by atoms with Gasteiger partial charge in [-0.3, -0.25) is 4.79 Å². The smallest absolute Gasteiger partial charge is 0.224 e. The zero-order valence-corrected chi connectivity index (χ0v) is 12.3. The monoisotopic (exact) mass is 282 g/mol. The number of rotatable bonds is 3. The molecule has 0 radical (unpaired) electrons. The zero-order valence-electron chi connectivity index (χ0n) is 12.3. The van der Waals surface area contributed by atoms with E-state index in [-0.39, 0.29) is 5.91 Å². The average molecular weight is 282 g/mol. The van der Waals surface area contributed by atoms with E-state index in [0.717, 1.165) is 37.9 Å². The highest BCUT2D eigenvalue weighted by atomic mass is 16.1. The molecule has 0 aromatic heterocycles. The Morgan fingerprint density at radius 2 is 1.95 bits per heavy atom. The summed E-state index contributed by atoms with van der Waals surface area (Å²) in [5, 5.41) is 8.96. The van der Waals surface area contributed by atoms with Crippen LogP contribution in [0.5, 0.6) is 0 Å². The molecule has 21 heavy (non-hydrogen) atoms. The van der Waals surface area contributed by atoms with E-state index in [0.29, 0.717) is 12.5 Å². The second kappa shape index (κ2) is 6.72. The quantitative estimate of drug-likeness (QED) is 0.908. The van der Waals surface area contributed by atoms with Crippen LogP contribution in [0, 0.1) is 0 Å². The Bertz CT molecular complexity index is 615. The fourth-order valence-electron chi connectivity index (χ4n) is 2.98. The number of carbonyl (C=O) groups excluding carboxylic acids is 1. The molecule has 1 unspecified atom stereocenters. The van der Waals surface area contributed by atoms with E-state index in [1.165, 1.54) is 10.8 Å². The van der Waals surface area contributed by atoms with Gasteiger partial charge in [0.1, 0.15) is 0 Å². The molecule has 0 saturated carbocycles. The molecule has 3 heteroatoms. The van der Waals surface area contributed by atoms with E-state index < -0.39 is 0 Å². The molecule has 1 aliphatic heterocycles. The number of fused-ring (bicyclic) bond motifs is 1. The summed E-state index contributed by atoms with van der Waals surface area (Å²) in [5.74, 6) is 0.136. The van der Waals surface area contributed by atoms with Crippen molar-refractivity contribution in [2.24, 2.45) is 0 Å². The second-order valence-electron chi connectivity index (χ2n) is 5.80. The Hall–Kier alpha value is -1.87. The first-order valence-corrected chi connectivity index (χ1v) is 7.79. The largest absolute Gasteiger partial charge is 0.353 e. The van der Waals surface area contributed by atoms with E-state index in [4.69, 9.17) is 0 Å². The maximum Gasteiger partial charge on any atom is 0.224 e. The van der Waals surface area contributed by atoms with Crippen molar-refractivity contribution in [2.45, 2.75) is 31.7 Å². The van der Waals surface area contributed by atoms with Crippen LogP contribution < -0.4 is 10.6 Å². The predicted molar refractivity (Wildman–Crippen MR) is 86.3 cm³/mol. The third-order valence-electron chi connectivity index (χ3n) is 4.12. The van der Waals surface area contributed by atoms with Crippen molar-refractivity contribution in [3.8, 4) is 0 Å². The third-order valence-corrected chi connectivity index (χ3v) is 4.12. The van der Waals surface area contributed by atoms with Crippen LogP contribution in [-0.2, 0) is 11.2 Å². The van der Waals surface area contributed by atoms with Crippen molar-refractivity contribution in [1.82, 2.24) is 10.6 Å². The molecule has 3 nitrogen and oxygen atoms in total. The maximum absolute atomic E-state index is 12.2. The van der Waals surface area contributed by atoms with Crippen LogP contribution in [-0.4, -0.2) is 25.0 Å². The fourth-order valence-corrected chi connectivity index (χ4v) is 2.98. The molecular weight excluding hydrogens is 260 g/mol. The third kappa shape index (κ3) is 3.82. The summed E-state index contributed by atoms with van der Waals surface area (Å²) in [6, 6.07) is 14.8. The summed E-state index contributed by atoms with van der Waals surface area (Å²) in [4.78, 5) is 12.2. The Kier molecular flexibility index (Phi) is 4.51. The minimum atomic E-state index is 0.136. The summed E-state index contributed by atoms with van der Waals surface area (Å²) < 4.78 is 0. The molecule has 0 spiro atoms. The van der Waals surface area contributed by atoms with E-state index >= 15 is 0 Å². The van der Waals surface area contributed by atoms with Crippen molar-refractivity contribution in [3.05, 3.63) is 48.0 Å². The van der Waals surface area contributed by atoms with Crippen LogP contribution in [0.4, 0.5) is 0 Å². The predicted octanol–water partition coefficient (Wildman–Crippen LogP) is 2.64. The Labute approximate surface area is 125 Å². The summed E-state index contributed by atoms with van der Waals surface area (Å²) in [6.07, 6.45) is 3.72. The van der Waals surface area contributed by atoms with Crippen molar-refractivity contribution < 1.29 is 4.79 Å². The number of amides is 1. The van der Waals surface area contributed by atoms with Crippen LogP contribution in [0.15, 0.2) is 42.5 Å². The van der Waals surface area contributed by atoms with E-state index in [9.17, 15) is 4.79 Å². The van der Waals surface area contributed by atoms with Crippen LogP contribution in [0.25, 0.3) is 10.8 Å². The minimum absolute atomic E-state index is 0.136. The van der Waals surface area contributed by atoms with Gasteiger partial charge in [0.2, 0.25) is 5.91 Å². The van der Waals surface area contributed by atoms with Gasteiger partial charge < -0.3 is 10.6 Å². The van der Waals surface area contributed by atoms with E-state index in [2.05, 4.69) is 41.0 Å². The van der Waals surface area contributed by atoms with Gasteiger partial charge in [0.05, 0.1) is 6.42 Å². The van der Waals surface area contributed by atoms with Gasteiger partial charge in [-0.25, -0.2) is 0 Å². The average Bonchev–Trinajstić information content (AvgIpc) is 2.75. The number of carbonyl (C=O) groups is 1. The van der Waals surface area contributed by atoms with Crippen molar-refractivity contribution in [3.63, 3.8) is 0 Å². The molecule has 2 aromatic carbocycles. The first-order chi connectivity index (χ1) is 10.3. The highest BCUT2D eigenvalue weighted by Gasteiger charge is 2.14. The fraction of sp³-hybridized carbons (Fsp3) is 0.389. The van der Waals surface area contributed by atoms with E-state index in [1.54, 1.807) is 0 Å². The Morgan fingerprint density at radius 3 is 2.86 bits per heavy atom. The van der Waals surface area contributed by atoms with Gasteiger partial charge in [0, 0.05) is 6.04 Å². The number of hydrogen-bond acceptors (Lipinski definition) is 2. The van der Waals surface area contributed by atoms with Crippen molar-refractivity contribution >= 4 is 16.7 Å². The lowest BCUT2D eigenvalue weighted by Crippen LogP contribution is -2.36. The number of hydrogen-bond donors (Lipinski definition) is 2. The molecule has 1 saturated heterocycles. The lowest BCUT2D eigenvalue weighted by atomic mass is 10.0. The molecule has 1 fully saturated rings. The van der Waals surface area contributed by atoms with Crippen LogP contribution in [0.1, 0.15) is 24.8 Å². The molecule has 0 aliphatic carbocycles. The Morgan fingerprint density at radius 1 is 1.10 bits per heavy atom. The number of benzene rings is 2. The molecule has 3 rings (SSSR count). The summed E-state index contributed by atoms with van der Waals surface area (Å²) in [5.41, 5.74) is 1.08. The second-order valence-corrected chi connectivity index (χ2v) is 5.80. The molecule has 1 atom stereocenters.